The fourth-order valence-corrected chi connectivity index (χ4v) is 4.01. The molecule has 0 aliphatic carbocycles. The molecule has 2 N–H and O–H groups in total. The van der Waals surface area contributed by atoms with Gasteiger partial charge in [0, 0.05) is 13.1 Å². The number of amides is 4. The van der Waals surface area contributed by atoms with E-state index >= 15 is 0 Å². The number of rotatable bonds is 7. The van der Waals surface area contributed by atoms with E-state index in [4.69, 9.17) is 0 Å². The highest BCUT2D eigenvalue weighted by atomic mass is 16.2. The van der Waals surface area contributed by atoms with Gasteiger partial charge in [-0.1, -0.05) is 66.7 Å². The number of nitrogens with one attached hydrogen (secondary N) is 2. The molecule has 1 heterocycles. The molecule has 0 aromatic heterocycles. The second kappa shape index (κ2) is 10.7. The highest BCUT2D eigenvalue weighted by Gasteiger charge is 2.33. The molecule has 4 rings (SSSR count). The van der Waals surface area contributed by atoms with Crippen LogP contribution in [0.15, 0.2) is 78.9 Å². The molecule has 0 bridgehead atoms. The number of carbonyl (C=O) groups is 3. The zero-order valence-electron chi connectivity index (χ0n) is 19.2. The maximum absolute atomic E-state index is 12.9. The number of benzene rings is 3. The van der Waals surface area contributed by atoms with E-state index in [0.717, 1.165) is 12.0 Å². The van der Waals surface area contributed by atoms with Crippen molar-refractivity contribution >= 4 is 29.2 Å². The number of aryl methyl sites for hydroxylation is 1. The Balaban J connectivity index is 1.39. The third-order valence-electron chi connectivity index (χ3n) is 5.87. The van der Waals surface area contributed by atoms with Gasteiger partial charge >= 0.3 is 6.03 Å². The van der Waals surface area contributed by atoms with Gasteiger partial charge in [-0.2, -0.15) is 0 Å². The van der Waals surface area contributed by atoms with Crippen molar-refractivity contribution in [3.63, 3.8) is 0 Å². The number of fused-ring (bicyclic) bond motifs is 1. The second-order valence-corrected chi connectivity index (χ2v) is 8.23. The zero-order chi connectivity index (χ0) is 23.9. The van der Waals surface area contributed by atoms with Crippen LogP contribution in [0.25, 0.3) is 0 Å². The SMILES string of the molecule is Cc1ccccc1CCNC(=O)CN1C(=O)CN(C(=O)NCc2ccccc2)c2ccccc21. The Morgan fingerprint density at radius 1 is 0.853 bits per heavy atom. The minimum absolute atomic E-state index is 0.0942. The summed E-state index contributed by atoms with van der Waals surface area (Å²) >= 11 is 0. The van der Waals surface area contributed by atoms with Crippen molar-refractivity contribution in [1.29, 1.82) is 0 Å². The Morgan fingerprint density at radius 3 is 2.29 bits per heavy atom. The van der Waals surface area contributed by atoms with Gasteiger partial charge in [-0.05, 0) is 42.2 Å². The van der Waals surface area contributed by atoms with Gasteiger partial charge in [0.15, 0.2) is 0 Å². The van der Waals surface area contributed by atoms with Crippen molar-refractivity contribution < 1.29 is 14.4 Å². The fraction of sp³-hybridized carbons (Fsp3) is 0.222. The van der Waals surface area contributed by atoms with Gasteiger partial charge in [-0.15, -0.1) is 0 Å². The molecule has 0 spiro atoms. The maximum atomic E-state index is 12.9. The van der Waals surface area contributed by atoms with Crippen LogP contribution in [0.3, 0.4) is 0 Å². The van der Waals surface area contributed by atoms with E-state index in [2.05, 4.69) is 10.6 Å². The molecule has 0 unspecified atom stereocenters. The topological polar surface area (TPSA) is 81.8 Å². The average molecular weight is 457 g/mol. The van der Waals surface area contributed by atoms with Crippen LogP contribution < -0.4 is 20.4 Å². The number of anilines is 2. The molecule has 4 amide bonds. The third kappa shape index (κ3) is 5.43. The van der Waals surface area contributed by atoms with Gasteiger partial charge in [0.2, 0.25) is 11.8 Å². The fourth-order valence-electron chi connectivity index (χ4n) is 4.01. The predicted molar refractivity (Wildman–Crippen MR) is 133 cm³/mol. The summed E-state index contributed by atoms with van der Waals surface area (Å²) < 4.78 is 0. The highest BCUT2D eigenvalue weighted by Crippen LogP contribution is 2.33. The van der Waals surface area contributed by atoms with Crippen LogP contribution in [0.4, 0.5) is 16.2 Å². The zero-order valence-corrected chi connectivity index (χ0v) is 19.2. The Bertz CT molecular complexity index is 1180. The largest absolute Gasteiger partial charge is 0.354 e. The molecule has 0 atom stereocenters. The summed E-state index contributed by atoms with van der Waals surface area (Å²) in [6.07, 6.45) is 0.721. The molecule has 34 heavy (non-hydrogen) atoms. The summed E-state index contributed by atoms with van der Waals surface area (Å²) in [6, 6.07) is 24.4. The van der Waals surface area contributed by atoms with Gasteiger partial charge in [-0.25, -0.2) is 4.79 Å². The van der Waals surface area contributed by atoms with Crippen LogP contribution in [-0.2, 0) is 22.6 Å². The summed E-state index contributed by atoms with van der Waals surface area (Å²) in [4.78, 5) is 41.3. The van der Waals surface area contributed by atoms with Gasteiger partial charge in [0.1, 0.15) is 13.1 Å². The molecule has 3 aromatic carbocycles. The number of nitrogens with zero attached hydrogens (tertiary/aromatic N) is 2. The summed E-state index contributed by atoms with van der Waals surface area (Å²) in [6.45, 7) is 2.67. The van der Waals surface area contributed by atoms with E-state index in [-0.39, 0.29) is 30.9 Å². The number of para-hydroxylation sites is 2. The molecule has 7 nitrogen and oxygen atoms in total. The lowest BCUT2D eigenvalue weighted by Crippen LogP contribution is -2.53. The average Bonchev–Trinajstić information content (AvgIpc) is 2.86. The van der Waals surface area contributed by atoms with Crippen LogP contribution in [0.2, 0.25) is 0 Å². The summed E-state index contributed by atoms with van der Waals surface area (Å²) in [7, 11) is 0. The molecule has 0 fully saturated rings. The van der Waals surface area contributed by atoms with Crippen molar-refractivity contribution in [2.45, 2.75) is 19.9 Å². The highest BCUT2D eigenvalue weighted by molar-refractivity contribution is 6.12. The molecule has 0 saturated heterocycles. The Morgan fingerprint density at radius 2 is 1.53 bits per heavy atom. The lowest BCUT2D eigenvalue weighted by Gasteiger charge is -2.35. The molecule has 1 aliphatic heterocycles. The predicted octanol–water partition coefficient (Wildman–Crippen LogP) is 3.42. The molecule has 7 heteroatoms. The lowest BCUT2D eigenvalue weighted by molar-refractivity contribution is -0.123. The Labute approximate surface area is 199 Å². The van der Waals surface area contributed by atoms with Crippen LogP contribution in [-0.4, -0.2) is 37.5 Å². The first-order chi connectivity index (χ1) is 16.5. The first kappa shape index (κ1) is 23.0. The summed E-state index contributed by atoms with van der Waals surface area (Å²) in [5.74, 6) is -0.540. The number of hydrogen-bond donors (Lipinski definition) is 2. The van der Waals surface area contributed by atoms with Crippen LogP contribution in [0.5, 0.6) is 0 Å². The molecular formula is C27H28N4O3. The van der Waals surface area contributed by atoms with E-state index in [1.54, 1.807) is 18.2 Å². The van der Waals surface area contributed by atoms with E-state index in [1.165, 1.54) is 20.9 Å². The van der Waals surface area contributed by atoms with Crippen molar-refractivity contribution in [1.82, 2.24) is 10.6 Å². The van der Waals surface area contributed by atoms with Crippen LogP contribution in [0.1, 0.15) is 16.7 Å². The van der Waals surface area contributed by atoms with Crippen LogP contribution >= 0.6 is 0 Å². The molecular weight excluding hydrogens is 428 g/mol. The van der Waals surface area contributed by atoms with Crippen molar-refractivity contribution in [3.05, 3.63) is 95.6 Å². The van der Waals surface area contributed by atoms with Gasteiger partial charge < -0.3 is 10.6 Å². The van der Waals surface area contributed by atoms with Gasteiger partial charge in [0.25, 0.3) is 0 Å². The Hall–Kier alpha value is -4.13. The second-order valence-electron chi connectivity index (χ2n) is 8.23. The first-order valence-corrected chi connectivity index (χ1v) is 11.3. The van der Waals surface area contributed by atoms with Crippen molar-refractivity contribution in [3.8, 4) is 0 Å². The molecule has 3 aromatic rings. The van der Waals surface area contributed by atoms with E-state index in [1.807, 2.05) is 67.6 Å². The maximum Gasteiger partial charge on any atom is 0.322 e. The van der Waals surface area contributed by atoms with Gasteiger partial charge in [-0.3, -0.25) is 19.4 Å². The Kier molecular flexibility index (Phi) is 7.22. The van der Waals surface area contributed by atoms with E-state index in [9.17, 15) is 14.4 Å². The molecule has 1 aliphatic rings. The normalized spacial score (nSPS) is 12.8. The van der Waals surface area contributed by atoms with Crippen molar-refractivity contribution in [2.75, 3.05) is 29.4 Å². The first-order valence-electron chi connectivity index (χ1n) is 11.3. The standard InChI is InChI=1S/C27H28N4O3/c1-20-9-5-6-12-22(20)15-16-28-25(32)18-30-23-13-7-8-14-24(23)31(19-26(30)33)27(34)29-17-21-10-3-2-4-11-21/h2-14H,15-19H2,1H3,(H,28,32)(H,29,34). The molecule has 0 saturated carbocycles. The smallest absolute Gasteiger partial charge is 0.322 e. The monoisotopic (exact) mass is 456 g/mol. The third-order valence-corrected chi connectivity index (χ3v) is 5.87. The number of urea groups is 1. The van der Waals surface area contributed by atoms with E-state index < -0.39 is 0 Å². The van der Waals surface area contributed by atoms with Crippen LogP contribution in [0, 0.1) is 6.92 Å². The van der Waals surface area contributed by atoms with Crippen molar-refractivity contribution in [2.24, 2.45) is 0 Å². The quantitative estimate of drug-likeness (QED) is 0.572. The number of hydrogen-bond acceptors (Lipinski definition) is 3. The summed E-state index contributed by atoms with van der Waals surface area (Å²) in [5, 5.41) is 5.77. The minimum Gasteiger partial charge on any atom is -0.354 e. The van der Waals surface area contributed by atoms with E-state index in [0.29, 0.717) is 24.5 Å². The number of carbonyl (C=O) groups excluding carboxylic acids is 3. The molecule has 0 radical (unpaired) electrons. The molecule has 174 valence electrons. The van der Waals surface area contributed by atoms with Gasteiger partial charge in [0.05, 0.1) is 11.4 Å². The minimum atomic E-state index is -0.355. The summed E-state index contributed by atoms with van der Waals surface area (Å²) in [5.41, 5.74) is 4.47. The lowest BCUT2D eigenvalue weighted by atomic mass is 10.1.